The lowest BCUT2D eigenvalue weighted by Gasteiger charge is -2.15. The minimum absolute atomic E-state index is 0.0301. The maximum Gasteiger partial charge on any atom is 0.142 e. The second-order valence-corrected chi connectivity index (χ2v) is 4.67. The van der Waals surface area contributed by atoms with E-state index in [0.717, 1.165) is 6.42 Å². The average molecular weight is 168 g/mol. The van der Waals surface area contributed by atoms with Gasteiger partial charge in [0, 0.05) is 17.3 Å². The van der Waals surface area contributed by atoms with Gasteiger partial charge in [-0.05, 0) is 13.3 Å². The lowest BCUT2D eigenvalue weighted by molar-refractivity contribution is -0.129. The minimum Gasteiger partial charge on any atom is -0.300 e. The van der Waals surface area contributed by atoms with Crippen molar-refractivity contribution in [3.05, 3.63) is 0 Å². The van der Waals surface area contributed by atoms with Crippen molar-refractivity contribution in [3.63, 3.8) is 0 Å². The SMILES string of the molecule is CC(=O)[C@H]1C[C@@H]1C(=O)C(C)(C)C. The number of carbonyl (C=O) groups is 2. The fraction of sp³-hybridized carbons (Fsp3) is 0.800. The summed E-state index contributed by atoms with van der Waals surface area (Å²) in [5.74, 6) is 0.472. The normalized spacial score (nSPS) is 28.3. The second-order valence-electron chi connectivity index (χ2n) is 4.67. The van der Waals surface area contributed by atoms with E-state index < -0.39 is 0 Å². The molecule has 0 N–H and O–H groups in total. The van der Waals surface area contributed by atoms with Crippen LogP contribution in [0.15, 0.2) is 0 Å². The lowest BCUT2D eigenvalue weighted by Crippen LogP contribution is -2.23. The molecule has 0 aromatic carbocycles. The summed E-state index contributed by atoms with van der Waals surface area (Å²) in [4.78, 5) is 22.5. The zero-order chi connectivity index (χ0) is 9.52. The maximum atomic E-state index is 11.6. The van der Waals surface area contributed by atoms with Crippen molar-refractivity contribution in [1.29, 1.82) is 0 Å². The summed E-state index contributed by atoms with van der Waals surface area (Å²) in [6.45, 7) is 7.29. The fourth-order valence-electron chi connectivity index (χ4n) is 1.49. The third kappa shape index (κ3) is 1.74. The summed E-state index contributed by atoms with van der Waals surface area (Å²) in [5.41, 5.74) is -0.283. The molecule has 68 valence electrons. The van der Waals surface area contributed by atoms with Crippen LogP contribution < -0.4 is 0 Å². The highest BCUT2D eigenvalue weighted by Gasteiger charge is 2.48. The monoisotopic (exact) mass is 168 g/mol. The lowest BCUT2D eigenvalue weighted by atomic mass is 9.87. The molecule has 0 aromatic rings. The summed E-state index contributed by atoms with van der Waals surface area (Å²) in [6.07, 6.45) is 0.783. The predicted molar refractivity (Wildman–Crippen MR) is 46.7 cm³/mol. The van der Waals surface area contributed by atoms with Crippen LogP contribution in [0.3, 0.4) is 0 Å². The molecule has 1 aliphatic rings. The van der Waals surface area contributed by atoms with E-state index in [0.29, 0.717) is 0 Å². The molecule has 0 spiro atoms. The Bertz CT molecular complexity index is 222. The summed E-state index contributed by atoms with van der Waals surface area (Å²) in [5, 5.41) is 0. The van der Waals surface area contributed by atoms with Gasteiger partial charge in [0.1, 0.15) is 11.6 Å². The van der Waals surface area contributed by atoms with Crippen molar-refractivity contribution in [2.75, 3.05) is 0 Å². The molecule has 0 unspecified atom stereocenters. The van der Waals surface area contributed by atoms with Crippen LogP contribution in [0.4, 0.5) is 0 Å². The molecular weight excluding hydrogens is 152 g/mol. The van der Waals surface area contributed by atoms with Gasteiger partial charge in [-0.15, -0.1) is 0 Å². The zero-order valence-electron chi connectivity index (χ0n) is 8.18. The molecule has 1 saturated carbocycles. The van der Waals surface area contributed by atoms with Crippen molar-refractivity contribution >= 4 is 11.6 Å². The van der Waals surface area contributed by atoms with Crippen LogP contribution in [-0.4, -0.2) is 11.6 Å². The predicted octanol–water partition coefficient (Wildman–Crippen LogP) is 1.83. The second kappa shape index (κ2) is 2.68. The average Bonchev–Trinajstić information content (AvgIpc) is 2.61. The molecule has 0 aromatic heterocycles. The van der Waals surface area contributed by atoms with Gasteiger partial charge in [-0.2, -0.15) is 0 Å². The molecule has 0 amide bonds. The van der Waals surface area contributed by atoms with Crippen molar-refractivity contribution in [3.8, 4) is 0 Å². The van der Waals surface area contributed by atoms with Crippen LogP contribution in [0, 0.1) is 17.3 Å². The number of hydrogen-bond acceptors (Lipinski definition) is 2. The Hall–Kier alpha value is -0.660. The molecule has 0 radical (unpaired) electrons. The molecule has 0 heterocycles. The molecule has 2 heteroatoms. The smallest absolute Gasteiger partial charge is 0.142 e. The van der Waals surface area contributed by atoms with Crippen LogP contribution in [0.2, 0.25) is 0 Å². The summed E-state index contributed by atoms with van der Waals surface area (Å²) in [7, 11) is 0. The van der Waals surface area contributed by atoms with E-state index in [2.05, 4.69) is 0 Å². The first kappa shape index (κ1) is 9.43. The van der Waals surface area contributed by atoms with Gasteiger partial charge in [-0.3, -0.25) is 9.59 Å². The first-order chi connectivity index (χ1) is 5.34. The van der Waals surface area contributed by atoms with Crippen molar-refractivity contribution in [2.45, 2.75) is 34.1 Å². The van der Waals surface area contributed by atoms with E-state index in [-0.39, 0.29) is 28.8 Å². The first-order valence-corrected chi connectivity index (χ1v) is 4.39. The van der Waals surface area contributed by atoms with Gasteiger partial charge in [0.15, 0.2) is 0 Å². The molecular formula is C10H16O2. The van der Waals surface area contributed by atoms with Gasteiger partial charge in [0.05, 0.1) is 0 Å². The van der Waals surface area contributed by atoms with Crippen molar-refractivity contribution in [2.24, 2.45) is 17.3 Å². The van der Waals surface area contributed by atoms with Crippen LogP contribution in [0.1, 0.15) is 34.1 Å². The molecule has 2 atom stereocenters. The number of ketones is 2. The zero-order valence-corrected chi connectivity index (χ0v) is 8.18. The van der Waals surface area contributed by atoms with Crippen molar-refractivity contribution < 1.29 is 9.59 Å². The van der Waals surface area contributed by atoms with Crippen LogP contribution >= 0.6 is 0 Å². The molecule has 2 nitrogen and oxygen atoms in total. The minimum atomic E-state index is -0.283. The van der Waals surface area contributed by atoms with Crippen LogP contribution in [0.25, 0.3) is 0 Å². The molecule has 0 saturated heterocycles. The molecule has 0 aliphatic heterocycles. The van der Waals surface area contributed by atoms with Crippen LogP contribution in [0.5, 0.6) is 0 Å². The summed E-state index contributed by atoms with van der Waals surface area (Å²) >= 11 is 0. The third-order valence-electron chi connectivity index (χ3n) is 2.39. The Labute approximate surface area is 73.3 Å². The highest BCUT2D eigenvalue weighted by molar-refractivity contribution is 5.95. The van der Waals surface area contributed by atoms with Gasteiger partial charge in [-0.25, -0.2) is 0 Å². The highest BCUT2D eigenvalue weighted by Crippen LogP contribution is 2.43. The van der Waals surface area contributed by atoms with Gasteiger partial charge in [-0.1, -0.05) is 20.8 Å². The Morgan fingerprint density at radius 3 is 1.92 bits per heavy atom. The number of Topliss-reactive ketones (excluding diaryl/α,β-unsaturated/α-hetero) is 2. The Balaban J connectivity index is 2.55. The first-order valence-electron chi connectivity index (χ1n) is 4.39. The Morgan fingerprint density at radius 2 is 1.67 bits per heavy atom. The van der Waals surface area contributed by atoms with E-state index in [9.17, 15) is 9.59 Å². The van der Waals surface area contributed by atoms with E-state index in [1.807, 2.05) is 20.8 Å². The fourth-order valence-corrected chi connectivity index (χ4v) is 1.49. The van der Waals surface area contributed by atoms with E-state index in [4.69, 9.17) is 0 Å². The third-order valence-corrected chi connectivity index (χ3v) is 2.39. The molecule has 1 rings (SSSR count). The largest absolute Gasteiger partial charge is 0.300 e. The van der Waals surface area contributed by atoms with Gasteiger partial charge in [0.2, 0.25) is 0 Å². The number of rotatable bonds is 2. The Morgan fingerprint density at radius 1 is 1.17 bits per heavy atom. The van der Waals surface area contributed by atoms with E-state index in [1.165, 1.54) is 0 Å². The number of carbonyl (C=O) groups excluding carboxylic acids is 2. The Kier molecular flexibility index (Phi) is 2.11. The summed E-state index contributed by atoms with van der Waals surface area (Å²) < 4.78 is 0. The maximum absolute atomic E-state index is 11.6. The highest BCUT2D eigenvalue weighted by atomic mass is 16.1. The standard InChI is InChI=1S/C10H16O2/c1-6(11)7-5-8(7)9(12)10(2,3)4/h7-8H,5H2,1-4H3/t7-,8+/m1/s1. The topological polar surface area (TPSA) is 34.1 Å². The van der Waals surface area contributed by atoms with Crippen LogP contribution in [-0.2, 0) is 9.59 Å². The molecule has 1 fully saturated rings. The van der Waals surface area contributed by atoms with Crippen molar-refractivity contribution in [1.82, 2.24) is 0 Å². The van der Waals surface area contributed by atoms with Gasteiger partial charge in [0.25, 0.3) is 0 Å². The van der Waals surface area contributed by atoms with Gasteiger partial charge < -0.3 is 0 Å². The number of hydrogen-bond donors (Lipinski definition) is 0. The quantitative estimate of drug-likeness (QED) is 0.630. The molecule has 1 aliphatic carbocycles. The molecule has 0 bridgehead atoms. The summed E-state index contributed by atoms with van der Waals surface area (Å²) in [6, 6.07) is 0. The van der Waals surface area contributed by atoms with E-state index in [1.54, 1.807) is 6.92 Å². The van der Waals surface area contributed by atoms with E-state index >= 15 is 0 Å². The molecule has 12 heavy (non-hydrogen) atoms. The van der Waals surface area contributed by atoms with Gasteiger partial charge >= 0.3 is 0 Å².